The molecule has 0 spiro atoms. The van der Waals surface area contributed by atoms with E-state index >= 15 is 0 Å². The fraction of sp³-hybridized carbons (Fsp3) is 0.857. The minimum Gasteiger partial charge on any atom is -0.300 e. The largest absolute Gasteiger partial charge is 0.300 e. The van der Waals surface area contributed by atoms with Crippen LogP contribution in [0.15, 0.2) is 0 Å². The first-order valence-electron chi connectivity index (χ1n) is 3.87. The minimum atomic E-state index is -3.09. The lowest BCUT2D eigenvalue weighted by Gasteiger charge is -2.07. The first kappa shape index (κ1) is 9.64. The van der Waals surface area contributed by atoms with Gasteiger partial charge in [-0.2, -0.15) is 0 Å². The van der Waals surface area contributed by atoms with E-state index in [1.165, 1.54) is 0 Å². The van der Waals surface area contributed by atoms with Gasteiger partial charge in [-0.05, 0) is 12.8 Å². The molecule has 0 radical (unpaired) electrons. The second-order valence-corrected chi connectivity index (χ2v) is 5.42. The van der Waals surface area contributed by atoms with Gasteiger partial charge in [0.2, 0.25) is 0 Å². The summed E-state index contributed by atoms with van der Waals surface area (Å²) in [5, 5.41) is -0.627. The van der Waals surface area contributed by atoms with E-state index in [-0.39, 0.29) is 18.5 Å². The highest BCUT2D eigenvalue weighted by molar-refractivity contribution is 7.92. The van der Waals surface area contributed by atoms with E-state index in [4.69, 9.17) is 0 Å². The summed E-state index contributed by atoms with van der Waals surface area (Å²) in [6.45, 7) is 0. The van der Waals surface area contributed by atoms with Crippen molar-refractivity contribution >= 4 is 16.1 Å². The third-order valence-electron chi connectivity index (χ3n) is 2.10. The van der Waals surface area contributed by atoms with E-state index in [9.17, 15) is 17.6 Å². The molecule has 0 amide bonds. The lowest BCUT2D eigenvalue weighted by Crippen LogP contribution is -2.21. The maximum absolute atomic E-state index is 12.5. The molecule has 1 aliphatic rings. The first-order valence-corrected chi connectivity index (χ1v) is 5.59. The molecule has 12 heavy (non-hydrogen) atoms. The molecule has 0 N–H and O–H groups in total. The molecular weight excluding hydrogens is 183 g/mol. The molecule has 70 valence electrons. The molecule has 0 aromatic carbocycles. The van der Waals surface area contributed by atoms with E-state index in [2.05, 4.69) is 0 Å². The van der Waals surface area contributed by atoms with Crippen LogP contribution in [0.3, 0.4) is 0 Å². The van der Waals surface area contributed by atoms with Gasteiger partial charge in [-0.1, -0.05) is 0 Å². The van der Waals surface area contributed by atoms with Crippen LogP contribution in [0.25, 0.3) is 0 Å². The molecule has 0 aromatic rings. The average Bonchev–Trinajstić information content (AvgIpc) is 2.31. The fourth-order valence-electron chi connectivity index (χ4n) is 1.43. The molecule has 1 saturated heterocycles. The summed E-state index contributed by atoms with van der Waals surface area (Å²) in [5.74, 6) is 0.142. The number of hydrogen-bond acceptors (Lipinski definition) is 3. The Bertz CT molecular complexity index is 260. The maximum Gasteiger partial charge on any atom is 0.156 e. The number of carbonyl (C=O) groups is 1. The molecule has 0 aromatic heterocycles. The Labute approximate surface area is 70.9 Å². The van der Waals surface area contributed by atoms with Crippen molar-refractivity contribution in [2.75, 3.05) is 5.75 Å². The van der Waals surface area contributed by atoms with Crippen LogP contribution in [-0.4, -0.2) is 31.9 Å². The summed E-state index contributed by atoms with van der Waals surface area (Å²) in [4.78, 5) is 9.93. The third kappa shape index (κ3) is 2.03. The number of rotatable bonds is 3. The van der Waals surface area contributed by atoms with Gasteiger partial charge in [0, 0.05) is 6.42 Å². The van der Waals surface area contributed by atoms with Gasteiger partial charge in [0.1, 0.15) is 0 Å². The lowest BCUT2D eigenvalue weighted by atomic mass is 10.1. The summed E-state index contributed by atoms with van der Waals surface area (Å²) in [6.07, 6.45) is -0.530. The van der Waals surface area contributed by atoms with Crippen molar-refractivity contribution in [3.63, 3.8) is 0 Å². The normalized spacial score (nSPS) is 29.9. The van der Waals surface area contributed by atoms with Gasteiger partial charge in [0.25, 0.3) is 0 Å². The molecule has 3 nitrogen and oxygen atoms in total. The Morgan fingerprint density at radius 2 is 2.25 bits per heavy atom. The molecule has 1 heterocycles. The van der Waals surface area contributed by atoms with E-state index in [0.717, 1.165) is 0 Å². The molecule has 5 heteroatoms. The van der Waals surface area contributed by atoms with Gasteiger partial charge in [0.05, 0.1) is 11.0 Å². The van der Waals surface area contributed by atoms with Crippen LogP contribution in [0.2, 0.25) is 0 Å². The molecule has 1 aliphatic heterocycles. The number of sulfone groups is 1. The van der Waals surface area contributed by atoms with Crippen molar-refractivity contribution in [1.29, 1.82) is 0 Å². The zero-order valence-electron chi connectivity index (χ0n) is 6.57. The highest BCUT2D eigenvalue weighted by Crippen LogP contribution is 2.24. The molecule has 2 atom stereocenters. The van der Waals surface area contributed by atoms with Gasteiger partial charge in [-0.3, -0.25) is 0 Å². The molecule has 1 fully saturated rings. The molecule has 1 rings (SSSR count). The Balaban J connectivity index is 2.59. The topological polar surface area (TPSA) is 51.2 Å². The van der Waals surface area contributed by atoms with Gasteiger partial charge >= 0.3 is 0 Å². The molecule has 2 unspecified atom stereocenters. The minimum absolute atomic E-state index is 0.142. The Kier molecular flexibility index (Phi) is 2.82. The SMILES string of the molecule is O=CC(F)CC1CCCS1(=O)=O. The van der Waals surface area contributed by atoms with E-state index < -0.39 is 21.3 Å². The maximum atomic E-state index is 12.5. The first-order chi connectivity index (χ1) is 5.56. The standard InChI is InChI=1S/C7H11FO3S/c8-6(5-9)4-7-2-1-3-12(7,10)11/h5-7H,1-4H2. The smallest absolute Gasteiger partial charge is 0.156 e. The van der Waals surface area contributed by atoms with Crippen LogP contribution in [0, 0.1) is 0 Å². The van der Waals surface area contributed by atoms with Gasteiger partial charge in [0.15, 0.2) is 22.3 Å². The van der Waals surface area contributed by atoms with Crippen molar-refractivity contribution in [2.45, 2.75) is 30.7 Å². The predicted octanol–water partition coefficient (Wildman–Crippen LogP) is 0.491. The molecule has 0 saturated carbocycles. The quantitative estimate of drug-likeness (QED) is 0.614. The highest BCUT2D eigenvalue weighted by atomic mass is 32.2. The molecule has 0 aliphatic carbocycles. The highest BCUT2D eigenvalue weighted by Gasteiger charge is 2.32. The van der Waals surface area contributed by atoms with Crippen LogP contribution in [0.4, 0.5) is 4.39 Å². The van der Waals surface area contributed by atoms with Crippen molar-refractivity contribution in [1.82, 2.24) is 0 Å². The van der Waals surface area contributed by atoms with Crippen LogP contribution in [0.5, 0.6) is 0 Å². The van der Waals surface area contributed by atoms with Crippen LogP contribution in [-0.2, 0) is 14.6 Å². The van der Waals surface area contributed by atoms with Crippen molar-refractivity contribution < 1.29 is 17.6 Å². The Morgan fingerprint density at radius 3 is 2.67 bits per heavy atom. The average molecular weight is 194 g/mol. The van der Waals surface area contributed by atoms with Gasteiger partial charge in [-0.25, -0.2) is 12.8 Å². The van der Waals surface area contributed by atoms with E-state index in [0.29, 0.717) is 12.8 Å². The van der Waals surface area contributed by atoms with E-state index in [1.54, 1.807) is 0 Å². The number of carbonyl (C=O) groups excluding carboxylic acids is 1. The summed E-state index contributed by atoms with van der Waals surface area (Å²) < 4.78 is 34.8. The summed E-state index contributed by atoms with van der Waals surface area (Å²) in [7, 11) is -3.09. The monoisotopic (exact) mass is 194 g/mol. The molecular formula is C7H11FO3S. The Morgan fingerprint density at radius 1 is 1.58 bits per heavy atom. The second-order valence-electron chi connectivity index (χ2n) is 3.02. The van der Waals surface area contributed by atoms with Gasteiger partial charge in [-0.15, -0.1) is 0 Å². The number of alkyl halides is 1. The number of hydrogen-bond donors (Lipinski definition) is 0. The van der Waals surface area contributed by atoms with Gasteiger partial charge < -0.3 is 4.79 Å². The fourth-order valence-corrected chi connectivity index (χ4v) is 3.33. The van der Waals surface area contributed by atoms with Crippen LogP contribution >= 0.6 is 0 Å². The second kappa shape index (κ2) is 3.51. The van der Waals surface area contributed by atoms with Crippen molar-refractivity contribution in [3.05, 3.63) is 0 Å². The predicted molar refractivity (Wildman–Crippen MR) is 42.4 cm³/mol. The Hall–Kier alpha value is -0.450. The van der Waals surface area contributed by atoms with Crippen LogP contribution < -0.4 is 0 Å². The lowest BCUT2D eigenvalue weighted by molar-refractivity contribution is -0.112. The summed E-state index contributed by atoms with van der Waals surface area (Å²) in [6, 6.07) is 0. The number of aldehydes is 1. The van der Waals surface area contributed by atoms with E-state index in [1.807, 2.05) is 0 Å². The van der Waals surface area contributed by atoms with Crippen LogP contribution in [0.1, 0.15) is 19.3 Å². The third-order valence-corrected chi connectivity index (χ3v) is 4.40. The summed E-state index contributed by atoms with van der Waals surface area (Å²) in [5.41, 5.74) is 0. The van der Waals surface area contributed by atoms with Crippen molar-refractivity contribution in [2.24, 2.45) is 0 Å². The zero-order valence-corrected chi connectivity index (χ0v) is 7.39. The zero-order chi connectivity index (χ0) is 9.19. The number of halogens is 1. The van der Waals surface area contributed by atoms with Crippen molar-refractivity contribution in [3.8, 4) is 0 Å². The molecule has 0 bridgehead atoms. The summed E-state index contributed by atoms with van der Waals surface area (Å²) >= 11 is 0.